The fourth-order valence-corrected chi connectivity index (χ4v) is 2.70. The molecule has 0 radical (unpaired) electrons. The van der Waals surface area contributed by atoms with Gasteiger partial charge in [-0.3, -0.25) is 9.11 Å². The summed E-state index contributed by atoms with van der Waals surface area (Å²) < 4.78 is 24.6. The average Bonchev–Trinajstić information content (AvgIpc) is 2.28. The van der Waals surface area contributed by atoms with Crippen molar-refractivity contribution >= 4 is 10.8 Å². The molecular formula is C13H20FNO2S. The Morgan fingerprint density at radius 2 is 2.06 bits per heavy atom. The van der Waals surface area contributed by atoms with Crippen LogP contribution in [0.1, 0.15) is 18.6 Å². The molecule has 3 nitrogen and oxygen atoms in total. The molecule has 0 saturated carbocycles. The van der Waals surface area contributed by atoms with E-state index in [4.69, 9.17) is 0 Å². The molecule has 0 aromatic heterocycles. The highest BCUT2D eigenvalue weighted by molar-refractivity contribution is 7.84. The van der Waals surface area contributed by atoms with Crippen molar-refractivity contribution in [3.05, 3.63) is 35.6 Å². The van der Waals surface area contributed by atoms with Crippen molar-refractivity contribution in [3.63, 3.8) is 0 Å². The molecule has 0 spiro atoms. The van der Waals surface area contributed by atoms with E-state index >= 15 is 0 Å². The van der Waals surface area contributed by atoms with E-state index in [-0.39, 0.29) is 6.04 Å². The zero-order valence-electron chi connectivity index (χ0n) is 11.0. The molecule has 102 valence electrons. The summed E-state index contributed by atoms with van der Waals surface area (Å²) in [5, 5.41) is 10.00. The van der Waals surface area contributed by atoms with Crippen molar-refractivity contribution in [2.75, 3.05) is 25.6 Å². The molecule has 0 bridgehead atoms. The van der Waals surface area contributed by atoms with E-state index in [0.717, 1.165) is 0 Å². The Hall–Kier alpha value is -0.780. The van der Waals surface area contributed by atoms with Crippen molar-refractivity contribution in [2.45, 2.75) is 19.1 Å². The van der Waals surface area contributed by atoms with Gasteiger partial charge in [0.15, 0.2) is 0 Å². The predicted molar refractivity (Wildman–Crippen MR) is 72.4 cm³/mol. The second kappa shape index (κ2) is 6.97. The summed E-state index contributed by atoms with van der Waals surface area (Å²) in [7, 11) is 0.958. The summed E-state index contributed by atoms with van der Waals surface area (Å²) in [5.41, 5.74) is 0.300. The van der Waals surface area contributed by atoms with Gasteiger partial charge in [-0.15, -0.1) is 0 Å². The Kier molecular flexibility index (Phi) is 5.91. The molecule has 1 N–H and O–H groups in total. The van der Waals surface area contributed by atoms with Crippen LogP contribution in [0.3, 0.4) is 0 Å². The molecule has 1 rings (SSSR count). The third-order valence-electron chi connectivity index (χ3n) is 2.95. The lowest BCUT2D eigenvalue weighted by Gasteiger charge is -2.26. The Bertz CT molecular complexity index is 414. The second-order valence-electron chi connectivity index (χ2n) is 4.57. The Balaban J connectivity index is 2.62. The van der Waals surface area contributed by atoms with E-state index in [1.165, 1.54) is 6.07 Å². The molecule has 0 unspecified atom stereocenters. The maximum atomic E-state index is 13.5. The summed E-state index contributed by atoms with van der Waals surface area (Å²) in [6.45, 7) is 2.26. The van der Waals surface area contributed by atoms with Gasteiger partial charge in [0.2, 0.25) is 0 Å². The first-order chi connectivity index (χ1) is 8.41. The van der Waals surface area contributed by atoms with Gasteiger partial charge in [-0.05, 0) is 20.0 Å². The summed E-state index contributed by atoms with van der Waals surface area (Å²) in [6, 6.07) is 6.29. The monoisotopic (exact) mass is 273 g/mol. The van der Waals surface area contributed by atoms with Crippen LogP contribution in [0, 0.1) is 5.82 Å². The molecule has 0 amide bonds. The molecule has 0 saturated heterocycles. The number of aliphatic hydroxyl groups is 1. The first-order valence-corrected chi connectivity index (χ1v) is 7.57. The minimum absolute atomic E-state index is 0.0808. The quantitative estimate of drug-likeness (QED) is 0.855. The molecule has 0 fully saturated rings. The van der Waals surface area contributed by atoms with Crippen LogP contribution in [0.4, 0.5) is 4.39 Å². The highest BCUT2D eigenvalue weighted by Gasteiger charge is 2.18. The largest absolute Gasteiger partial charge is 0.387 e. The van der Waals surface area contributed by atoms with Crippen molar-refractivity contribution in [1.82, 2.24) is 4.90 Å². The molecule has 0 heterocycles. The lowest BCUT2D eigenvalue weighted by molar-refractivity contribution is 0.110. The molecule has 18 heavy (non-hydrogen) atoms. The molecule has 1 aromatic rings. The van der Waals surface area contributed by atoms with Crippen LogP contribution < -0.4 is 0 Å². The Morgan fingerprint density at radius 1 is 1.44 bits per heavy atom. The van der Waals surface area contributed by atoms with E-state index in [9.17, 15) is 13.7 Å². The molecule has 0 aliphatic rings. The summed E-state index contributed by atoms with van der Waals surface area (Å²) in [5.74, 6) is 0.144. The van der Waals surface area contributed by atoms with Gasteiger partial charge in [-0.25, -0.2) is 4.39 Å². The lowest BCUT2D eigenvalue weighted by Crippen LogP contribution is -2.36. The molecule has 0 aliphatic carbocycles. The smallest absolute Gasteiger partial charge is 0.129 e. The van der Waals surface area contributed by atoms with E-state index in [1.54, 1.807) is 24.5 Å². The van der Waals surface area contributed by atoms with E-state index < -0.39 is 22.7 Å². The van der Waals surface area contributed by atoms with Crippen molar-refractivity contribution in [2.24, 2.45) is 0 Å². The number of nitrogens with zero attached hydrogens (tertiary/aromatic N) is 1. The summed E-state index contributed by atoms with van der Waals surface area (Å²) >= 11 is 0. The van der Waals surface area contributed by atoms with E-state index in [1.807, 2.05) is 18.9 Å². The molecular weight excluding hydrogens is 253 g/mol. The third kappa shape index (κ3) is 4.48. The highest BCUT2D eigenvalue weighted by Crippen LogP contribution is 2.18. The number of rotatable bonds is 6. The minimum Gasteiger partial charge on any atom is -0.387 e. The number of halogens is 1. The van der Waals surface area contributed by atoms with Crippen LogP contribution in [-0.4, -0.2) is 45.9 Å². The summed E-state index contributed by atoms with van der Waals surface area (Å²) in [6.07, 6.45) is 0.779. The van der Waals surface area contributed by atoms with Gasteiger partial charge < -0.3 is 5.11 Å². The van der Waals surface area contributed by atoms with Crippen LogP contribution in [0.15, 0.2) is 24.3 Å². The number of hydrogen-bond acceptors (Lipinski definition) is 3. The van der Waals surface area contributed by atoms with Gasteiger partial charge in [-0.1, -0.05) is 18.2 Å². The SMILES string of the molecule is C[C@H](C[S@@](C)=O)N(C)C[C@H](O)c1ccccc1F. The third-order valence-corrected chi connectivity index (χ3v) is 3.91. The van der Waals surface area contributed by atoms with Gasteiger partial charge in [0.05, 0.1) is 6.10 Å². The first kappa shape index (κ1) is 15.3. The zero-order valence-corrected chi connectivity index (χ0v) is 11.8. The van der Waals surface area contributed by atoms with Gasteiger partial charge in [0.1, 0.15) is 5.82 Å². The topological polar surface area (TPSA) is 40.5 Å². The van der Waals surface area contributed by atoms with Gasteiger partial charge in [0, 0.05) is 41.0 Å². The highest BCUT2D eigenvalue weighted by atomic mass is 32.2. The van der Waals surface area contributed by atoms with Gasteiger partial charge in [-0.2, -0.15) is 0 Å². The fourth-order valence-electron chi connectivity index (χ4n) is 1.76. The van der Waals surface area contributed by atoms with Gasteiger partial charge in [0.25, 0.3) is 0 Å². The molecule has 1 aromatic carbocycles. The van der Waals surface area contributed by atoms with Crippen LogP contribution in [0.2, 0.25) is 0 Å². The number of benzene rings is 1. The first-order valence-electron chi connectivity index (χ1n) is 5.84. The van der Waals surface area contributed by atoms with Crippen LogP contribution in [0.5, 0.6) is 0 Å². The zero-order chi connectivity index (χ0) is 13.7. The fraction of sp³-hybridized carbons (Fsp3) is 0.538. The maximum absolute atomic E-state index is 13.5. The minimum atomic E-state index is -0.877. The van der Waals surface area contributed by atoms with Crippen LogP contribution in [-0.2, 0) is 10.8 Å². The van der Waals surface area contributed by atoms with Crippen molar-refractivity contribution in [1.29, 1.82) is 0 Å². The number of hydrogen-bond donors (Lipinski definition) is 1. The van der Waals surface area contributed by atoms with E-state index in [0.29, 0.717) is 17.9 Å². The lowest BCUT2D eigenvalue weighted by atomic mass is 10.1. The normalized spacial score (nSPS) is 16.6. The van der Waals surface area contributed by atoms with Crippen molar-refractivity contribution < 1.29 is 13.7 Å². The predicted octanol–water partition coefficient (Wildman–Crippen LogP) is 1.56. The van der Waals surface area contributed by atoms with E-state index in [2.05, 4.69) is 0 Å². The molecule has 3 atom stereocenters. The Labute approximate surface area is 110 Å². The van der Waals surface area contributed by atoms with Crippen molar-refractivity contribution in [3.8, 4) is 0 Å². The number of aliphatic hydroxyl groups excluding tert-OH is 1. The Morgan fingerprint density at radius 3 is 2.61 bits per heavy atom. The van der Waals surface area contributed by atoms with Crippen LogP contribution in [0.25, 0.3) is 0 Å². The average molecular weight is 273 g/mol. The molecule has 0 aliphatic heterocycles. The maximum Gasteiger partial charge on any atom is 0.129 e. The molecule has 5 heteroatoms. The summed E-state index contributed by atoms with van der Waals surface area (Å²) in [4.78, 5) is 1.89. The second-order valence-corrected chi connectivity index (χ2v) is 6.05. The standard InChI is InChI=1S/C13H20FNO2S/c1-10(9-18(3)17)15(2)8-13(16)11-6-4-5-7-12(11)14/h4-7,10,13,16H,8-9H2,1-3H3/t10-,13+,18-/m1/s1. The van der Waals surface area contributed by atoms with Crippen LogP contribution >= 0.6 is 0 Å². The number of likely N-dealkylation sites (N-methyl/N-ethyl adjacent to an activating group) is 1. The van der Waals surface area contributed by atoms with Gasteiger partial charge >= 0.3 is 0 Å².